The summed E-state index contributed by atoms with van der Waals surface area (Å²) in [6.45, 7) is 10.3. The number of methoxy groups -OCH3 is 2. The molecule has 3 aliphatic heterocycles. The van der Waals surface area contributed by atoms with E-state index in [0.29, 0.717) is 44.3 Å². The van der Waals surface area contributed by atoms with Crippen LogP contribution in [-0.2, 0) is 47.5 Å². The van der Waals surface area contributed by atoms with Crippen molar-refractivity contribution in [3.05, 3.63) is 22.1 Å². The summed E-state index contributed by atoms with van der Waals surface area (Å²) in [7, 11) is 7.34. The van der Waals surface area contributed by atoms with Crippen LogP contribution in [0.4, 0.5) is 0 Å². The fourth-order valence-electron chi connectivity index (χ4n) is 11.3. The molecule has 0 aromatic heterocycles. The number of esters is 1. The summed E-state index contributed by atoms with van der Waals surface area (Å²) in [5.41, 5.74) is 10.4. The lowest BCUT2D eigenvalue weighted by atomic mass is 9.62. The highest BCUT2D eigenvalue weighted by atomic mass is 16.7. The maximum Gasteiger partial charge on any atom is 0.306 e. The largest absolute Gasteiger partial charge is 0.462 e. The summed E-state index contributed by atoms with van der Waals surface area (Å²) < 4.78 is 49.9. The number of allylic oxidation sites excluding steroid dienone is 2. The van der Waals surface area contributed by atoms with Gasteiger partial charge in [-0.1, -0.05) is 25.0 Å². The maximum atomic E-state index is 14.9. The van der Waals surface area contributed by atoms with E-state index in [1.807, 2.05) is 33.8 Å². The molecule has 0 aromatic rings. The first-order chi connectivity index (χ1) is 27.3. The molecule has 0 radical (unpaired) electrons. The molecule has 0 bridgehead atoms. The highest BCUT2D eigenvalue weighted by Gasteiger charge is 2.59. The number of nitrogens with zero attached hydrogens (tertiary/aromatic N) is 4. The number of ether oxygens (including phenoxy) is 8. The Morgan fingerprint density at radius 3 is 2.33 bits per heavy atom. The topological polar surface area (TPSA) is 180 Å². The molecule has 6 aliphatic rings. The van der Waals surface area contributed by atoms with Crippen molar-refractivity contribution >= 4 is 11.8 Å². The molecule has 6 rings (SSSR count). The lowest BCUT2D eigenvalue weighted by molar-refractivity contribution is -0.317. The minimum absolute atomic E-state index is 0.0250. The molecule has 15 heteroatoms. The van der Waals surface area contributed by atoms with Crippen LogP contribution in [-0.4, -0.2) is 136 Å². The molecule has 3 heterocycles. The quantitative estimate of drug-likeness (QED) is 0.123. The van der Waals surface area contributed by atoms with Gasteiger partial charge in [-0.15, -0.1) is 0 Å². The number of azide groups is 1. The molecule has 2 saturated carbocycles. The van der Waals surface area contributed by atoms with Gasteiger partial charge in [0.1, 0.15) is 24.4 Å². The molecule has 3 aliphatic carbocycles. The zero-order chi connectivity index (χ0) is 41.1. The number of hydrogen-bond acceptors (Lipinski definition) is 13. The Kier molecular flexibility index (Phi) is 15.2. The van der Waals surface area contributed by atoms with Crippen molar-refractivity contribution in [3.8, 4) is 0 Å². The van der Waals surface area contributed by atoms with Crippen LogP contribution in [0.1, 0.15) is 92.4 Å². The van der Waals surface area contributed by atoms with E-state index >= 15 is 0 Å². The number of aliphatic hydroxyl groups is 1. The van der Waals surface area contributed by atoms with E-state index in [4.69, 9.17) is 37.9 Å². The monoisotopic (exact) mass is 804 g/mol. The van der Waals surface area contributed by atoms with Crippen molar-refractivity contribution in [1.82, 2.24) is 4.90 Å². The van der Waals surface area contributed by atoms with Gasteiger partial charge in [-0.25, -0.2) is 0 Å². The Morgan fingerprint density at radius 1 is 0.947 bits per heavy atom. The Balaban J connectivity index is 1.29. The molecular formula is C42H68N4O11. The van der Waals surface area contributed by atoms with Gasteiger partial charge in [-0.3, -0.25) is 9.59 Å². The second-order valence-corrected chi connectivity index (χ2v) is 17.5. The second kappa shape index (κ2) is 19.5. The summed E-state index contributed by atoms with van der Waals surface area (Å²) in [5, 5.41) is 16.3. The van der Waals surface area contributed by atoms with Crippen LogP contribution < -0.4 is 0 Å². The van der Waals surface area contributed by atoms with Gasteiger partial charge in [0.15, 0.2) is 18.4 Å². The maximum absolute atomic E-state index is 14.9. The highest BCUT2D eigenvalue weighted by Crippen LogP contribution is 2.58. The van der Waals surface area contributed by atoms with Gasteiger partial charge in [0.25, 0.3) is 0 Å². The average molecular weight is 805 g/mol. The normalized spacial score (nSPS) is 45.5. The Morgan fingerprint density at radius 2 is 1.68 bits per heavy atom. The number of hydrogen-bond donors (Lipinski definition) is 1. The van der Waals surface area contributed by atoms with E-state index in [1.54, 1.807) is 14.2 Å². The van der Waals surface area contributed by atoms with Crippen LogP contribution in [0.3, 0.4) is 0 Å². The summed E-state index contributed by atoms with van der Waals surface area (Å²) >= 11 is 0. The van der Waals surface area contributed by atoms with Crippen molar-refractivity contribution in [2.24, 2.45) is 40.6 Å². The molecule has 3 saturated heterocycles. The summed E-state index contributed by atoms with van der Waals surface area (Å²) in [5.74, 6) is -2.72. The number of cyclic esters (lactones) is 1. The number of likely N-dealkylation sites (N-methyl/N-ethyl adjacent to an activating group) is 1. The molecule has 1 N–H and O–H groups in total. The Bertz CT molecular complexity index is 1460. The van der Waals surface area contributed by atoms with E-state index in [9.17, 15) is 20.2 Å². The average Bonchev–Trinajstić information content (AvgIpc) is 3.76. The third-order valence-electron chi connectivity index (χ3n) is 14.1. The highest BCUT2D eigenvalue weighted by molar-refractivity contribution is 5.99. The molecule has 3 unspecified atom stereocenters. The summed E-state index contributed by atoms with van der Waals surface area (Å²) in [6, 6.07) is -0.576. The van der Waals surface area contributed by atoms with E-state index < -0.39 is 60.8 Å². The van der Waals surface area contributed by atoms with Crippen LogP contribution in [0.15, 0.2) is 16.8 Å². The number of fused-ring (bicyclic) bond motifs is 5. The molecule has 15 nitrogen and oxygen atoms in total. The van der Waals surface area contributed by atoms with Crippen LogP contribution in [0, 0.1) is 35.5 Å². The number of carbonyl (C=O) groups is 2. The predicted octanol–water partition coefficient (Wildman–Crippen LogP) is 5.36. The first kappa shape index (κ1) is 44.4. The van der Waals surface area contributed by atoms with Crippen LogP contribution >= 0.6 is 0 Å². The first-order valence-corrected chi connectivity index (χ1v) is 21.5. The Hall–Kier alpha value is -2.17. The van der Waals surface area contributed by atoms with Crippen molar-refractivity contribution in [3.63, 3.8) is 0 Å². The van der Waals surface area contributed by atoms with Gasteiger partial charge in [0, 0.05) is 43.6 Å². The minimum Gasteiger partial charge on any atom is -0.462 e. The standard InChI is InChI=1S/C42H68N4O11/c1-10-24-13-12-14-32(57-34-16-15-31(46(6)7)22(4)53-34)21(3)37(48)30-19-27-26-17-25(56-42-41(51-9)40(52-11-2)39(50-8)23(5)54-42)18-29(26)38(49)36(44-45-43)35(27)28(30)20-33(47)55-24/h19,21-29,31-32,34-36,38-42,49H,10-18,20H2,1-9H3/t21-,22?,23?,24+,25+,26+,27+,28-,29-,31+,32+,34+,35-,36-,38-,39+,40-,41?,42+/m1/s1. The smallest absolute Gasteiger partial charge is 0.306 e. The van der Waals surface area contributed by atoms with E-state index in [0.717, 1.165) is 19.3 Å². The second-order valence-electron chi connectivity index (χ2n) is 17.5. The van der Waals surface area contributed by atoms with Crippen molar-refractivity contribution < 1.29 is 52.6 Å². The minimum atomic E-state index is -1.01. The van der Waals surface area contributed by atoms with Gasteiger partial charge < -0.3 is 47.9 Å². The molecule has 0 amide bonds. The molecule has 57 heavy (non-hydrogen) atoms. The SMILES string of the molecule is CCO[C@H]1C(OC)[C@H](O[C@@H]2C[C@H]3[C@@H](O)[C@H](N=[N+]=[N-])[C@@H]4[C@@H](C=C5C(=O)[C@H](C)[C@@H](O[C@H]6CC[C@H](N(C)C)C(C)O6)CCC[C@H](CC)OC(=O)C[C@H]54)[C@@H]3C2)OC(C)[C@@H]1OC. The summed E-state index contributed by atoms with van der Waals surface area (Å²) in [4.78, 5) is 34.0. The molecule has 0 spiro atoms. The molecule has 19 atom stereocenters. The van der Waals surface area contributed by atoms with Crippen LogP contribution in [0.25, 0.3) is 10.4 Å². The molecule has 5 fully saturated rings. The first-order valence-electron chi connectivity index (χ1n) is 21.5. The van der Waals surface area contributed by atoms with Gasteiger partial charge in [-0.05, 0) is 121 Å². The van der Waals surface area contributed by atoms with Gasteiger partial charge >= 0.3 is 5.97 Å². The number of rotatable bonds is 11. The fourth-order valence-corrected chi connectivity index (χ4v) is 11.3. The van der Waals surface area contributed by atoms with Crippen molar-refractivity contribution in [2.75, 3.05) is 34.9 Å². The predicted molar refractivity (Wildman–Crippen MR) is 209 cm³/mol. The summed E-state index contributed by atoms with van der Waals surface area (Å²) in [6.07, 6.45) is 2.47. The number of aliphatic hydroxyl groups excluding tert-OH is 1. The van der Waals surface area contributed by atoms with Crippen LogP contribution in [0.2, 0.25) is 0 Å². The molecule has 322 valence electrons. The lowest BCUT2D eigenvalue weighted by Gasteiger charge is -2.45. The molecule has 0 aromatic carbocycles. The van der Waals surface area contributed by atoms with E-state index in [1.165, 1.54) is 0 Å². The lowest BCUT2D eigenvalue weighted by Crippen LogP contribution is -2.60. The Labute approximate surface area is 338 Å². The van der Waals surface area contributed by atoms with Gasteiger partial charge in [-0.2, -0.15) is 0 Å². The third kappa shape index (κ3) is 9.28. The van der Waals surface area contributed by atoms with E-state index in [-0.39, 0.29) is 72.5 Å². The molecular weight excluding hydrogens is 736 g/mol. The van der Waals surface area contributed by atoms with Crippen LogP contribution in [0.5, 0.6) is 0 Å². The number of Topliss-reactive ketones (excluding diaryl/α,β-unsaturated/α-hetero) is 1. The van der Waals surface area contributed by atoms with Gasteiger partial charge in [0.2, 0.25) is 0 Å². The number of ketones is 1. The fraction of sp³-hybridized carbons (Fsp3) is 0.905. The number of carbonyl (C=O) groups excluding carboxylic acids is 2. The van der Waals surface area contributed by atoms with Crippen molar-refractivity contribution in [2.45, 2.75) is 172 Å². The van der Waals surface area contributed by atoms with E-state index in [2.05, 4.69) is 35.9 Å². The van der Waals surface area contributed by atoms with Gasteiger partial charge in [0.05, 0.1) is 43.0 Å². The zero-order valence-electron chi connectivity index (χ0n) is 35.4. The third-order valence-corrected chi connectivity index (χ3v) is 14.1. The zero-order valence-corrected chi connectivity index (χ0v) is 35.4. The van der Waals surface area contributed by atoms with Crippen molar-refractivity contribution in [1.29, 1.82) is 0 Å².